The highest BCUT2D eigenvalue weighted by Gasteiger charge is 1.63. The van der Waals surface area contributed by atoms with E-state index in [0.29, 0.717) is 0 Å². The van der Waals surface area contributed by atoms with Crippen molar-refractivity contribution < 1.29 is 19.2 Å². The number of aliphatic imine (C=N–C) groups is 4. The molecule has 0 saturated carbocycles. The van der Waals surface area contributed by atoms with E-state index in [-0.39, 0.29) is 13.3 Å². The Morgan fingerprint density at radius 2 is 0.700 bits per heavy atom. The van der Waals surface area contributed by atoms with Crippen LogP contribution in [0, 0.1) is 0 Å². The largest absolute Gasteiger partial charge is 0.236 e. The summed E-state index contributed by atoms with van der Waals surface area (Å²) in [7, 11) is 0. The number of rotatable bonds is 4. The molecule has 8 nitrogen and oxygen atoms in total. The van der Waals surface area contributed by atoms with E-state index in [2.05, 4.69) is 20.0 Å². The van der Waals surface area contributed by atoms with Crippen LogP contribution in [0.5, 0.6) is 0 Å². The molecule has 20 heavy (non-hydrogen) atoms. The fourth-order valence-electron chi connectivity index (χ4n) is 0.571. The van der Waals surface area contributed by atoms with Crippen molar-refractivity contribution in [2.24, 2.45) is 20.0 Å². The van der Waals surface area contributed by atoms with E-state index >= 15 is 0 Å². The van der Waals surface area contributed by atoms with Gasteiger partial charge in [0.15, 0.2) is 13.3 Å². The Kier molecular flexibility index (Phi) is 20.1. The standard InChI is InChI=1S/C6H6.2C3H2N2O2/c1-2-4-6-5-3-1;2*6-2-4-1-5-3-7/h1-6H;2*1H2. The second-order valence-electron chi connectivity index (χ2n) is 2.44. The lowest BCUT2D eigenvalue weighted by atomic mass is 10.4. The Hall–Kier alpha value is -3.26. The number of nitrogens with zero attached hydrogens (tertiary/aromatic N) is 4. The van der Waals surface area contributed by atoms with Crippen LogP contribution in [-0.2, 0) is 19.2 Å². The third-order valence-corrected chi connectivity index (χ3v) is 1.21. The summed E-state index contributed by atoms with van der Waals surface area (Å²) >= 11 is 0. The highest BCUT2D eigenvalue weighted by atomic mass is 16.1. The van der Waals surface area contributed by atoms with E-state index in [1.54, 1.807) is 0 Å². The van der Waals surface area contributed by atoms with Gasteiger partial charge in [0.2, 0.25) is 24.3 Å². The van der Waals surface area contributed by atoms with Crippen molar-refractivity contribution in [3.63, 3.8) is 0 Å². The van der Waals surface area contributed by atoms with Crippen LogP contribution in [-0.4, -0.2) is 37.7 Å². The van der Waals surface area contributed by atoms with Crippen LogP contribution in [0.4, 0.5) is 0 Å². The number of benzene rings is 1. The molecule has 0 fully saturated rings. The molecule has 0 saturated heterocycles. The van der Waals surface area contributed by atoms with Crippen LogP contribution in [0.2, 0.25) is 0 Å². The summed E-state index contributed by atoms with van der Waals surface area (Å²) in [6.45, 7) is -0.319. The maximum Gasteiger partial charge on any atom is 0.236 e. The highest BCUT2D eigenvalue weighted by Crippen LogP contribution is 1.79. The van der Waals surface area contributed by atoms with E-state index < -0.39 is 0 Å². The first kappa shape index (κ1) is 19.1. The Morgan fingerprint density at radius 3 is 0.850 bits per heavy atom. The van der Waals surface area contributed by atoms with Crippen LogP contribution < -0.4 is 0 Å². The first-order chi connectivity index (χ1) is 9.83. The normalized spacial score (nSPS) is 6.40. The summed E-state index contributed by atoms with van der Waals surface area (Å²) in [5.41, 5.74) is 0. The summed E-state index contributed by atoms with van der Waals surface area (Å²) in [5, 5.41) is 0. The predicted molar refractivity (Wildman–Crippen MR) is 68.7 cm³/mol. The molecule has 1 aromatic carbocycles. The van der Waals surface area contributed by atoms with Gasteiger partial charge < -0.3 is 0 Å². The Labute approximate surface area is 114 Å². The minimum atomic E-state index is -0.160. The zero-order chi connectivity index (χ0) is 15.3. The van der Waals surface area contributed by atoms with Gasteiger partial charge in [0.1, 0.15) is 0 Å². The molecule has 0 aliphatic rings. The van der Waals surface area contributed by atoms with Crippen LogP contribution in [0.1, 0.15) is 0 Å². The van der Waals surface area contributed by atoms with Gasteiger partial charge in [-0.05, 0) is 0 Å². The van der Waals surface area contributed by atoms with Gasteiger partial charge in [0.05, 0.1) is 0 Å². The number of isocyanates is 4. The molecular formula is C12H10N4O4. The van der Waals surface area contributed by atoms with Crippen molar-refractivity contribution in [2.75, 3.05) is 13.3 Å². The minimum absolute atomic E-state index is 0.160. The summed E-state index contributed by atoms with van der Waals surface area (Å²) in [6.07, 6.45) is 4.82. The summed E-state index contributed by atoms with van der Waals surface area (Å²) in [5.74, 6) is 0. The van der Waals surface area contributed by atoms with E-state index in [9.17, 15) is 19.2 Å². The summed E-state index contributed by atoms with van der Waals surface area (Å²) in [6, 6.07) is 12.0. The van der Waals surface area contributed by atoms with Crippen LogP contribution >= 0.6 is 0 Å². The second kappa shape index (κ2) is 21.1. The fourth-order valence-corrected chi connectivity index (χ4v) is 0.571. The van der Waals surface area contributed by atoms with Crippen LogP contribution in [0.15, 0.2) is 56.4 Å². The average Bonchev–Trinajstić information content (AvgIpc) is 2.51. The summed E-state index contributed by atoms with van der Waals surface area (Å²) < 4.78 is 0. The Balaban J connectivity index is 0. The van der Waals surface area contributed by atoms with E-state index in [1.165, 1.54) is 24.3 Å². The lowest BCUT2D eigenvalue weighted by Crippen LogP contribution is -1.66. The molecule has 0 aliphatic heterocycles. The molecule has 0 bridgehead atoms. The maximum absolute atomic E-state index is 9.20. The molecule has 1 rings (SSSR count). The van der Waals surface area contributed by atoms with Crippen molar-refractivity contribution in [2.45, 2.75) is 0 Å². The zero-order valence-corrected chi connectivity index (χ0v) is 10.3. The quantitative estimate of drug-likeness (QED) is 0.599. The molecule has 1 aromatic rings. The van der Waals surface area contributed by atoms with Gasteiger partial charge >= 0.3 is 0 Å². The summed E-state index contributed by atoms with van der Waals surface area (Å²) in [4.78, 5) is 48.5. The van der Waals surface area contributed by atoms with Gasteiger partial charge in [-0.1, -0.05) is 36.4 Å². The molecule has 102 valence electrons. The third kappa shape index (κ3) is 24.1. The zero-order valence-electron chi connectivity index (χ0n) is 10.3. The molecule has 0 aliphatic carbocycles. The maximum atomic E-state index is 9.20. The molecule has 0 unspecified atom stereocenters. The molecule has 0 atom stereocenters. The molecule has 0 heterocycles. The van der Waals surface area contributed by atoms with Crippen molar-refractivity contribution in [1.82, 2.24) is 0 Å². The monoisotopic (exact) mass is 274 g/mol. The van der Waals surface area contributed by atoms with E-state index in [1.807, 2.05) is 36.4 Å². The fraction of sp³-hybridized carbons (Fsp3) is 0.167. The van der Waals surface area contributed by atoms with Crippen molar-refractivity contribution in [3.05, 3.63) is 36.4 Å². The van der Waals surface area contributed by atoms with Gasteiger partial charge in [0.25, 0.3) is 0 Å². The van der Waals surface area contributed by atoms with Crippen molar-refractivity contribution in [1.29, 1.82) is 0 Å². The van der Waals surface area contributed by atoms with Gasteiger partial charge in [-0.3, -0.25) is 0 Å². The number of hydrogen-bond acceptors (Lipinski definition) is 8. The highest BCUT2D eigenvalue weighted by molar-refractivity contribution is 5.35. The lowest BCUT2D eigenvalue weighted by molar-refractivity contribution is 0.559. The number of hydrogen-bond donors (Lipinski definition) is 0. The smallest absolute Gasteiger partial charge is 0.211 e. The SMILES string of the molecule is O=C=NCN=C=O.O=C=NCN=C=O.c1ccccc1. The Bertz CT molecular complexity index is 429. The third-order valence-electron chi connectivity index (χ3n) is 1.21. The minimum Gasteiger partial charge on any atom is -0.211 e. The lowest BCUT2D eigenvalue weighted by Gasteiger charge is -1.69. The average molecular weight is 274 g/mol. The van der Waals surface area contributed by atoms with Gasteiger partial charge in [-0.25, -0.2) is 19.2 Å². The van der Waals surface area contributed by atoms with Crippen molar-refractivity contribution >= 4 is 24.3 Å². The molecule has 0 amide bonds. The van der Waals surface area contributed by atoms with Gasteiger partial charge in [0, 0.05) is 0 Å². The van der Waals surface area contributed by atoms with Crippen LogP contribution in [0.25, 0.3) is 0 Å². The molecule has 0 radical (unpaired) electrons. The topological polar surface area (TPSA) is 118 Å². The predicted octanol–water partition coefficient (Wildman–Crippen LogP) is 0.918. The first-order valence-electron chi connectivity index (χ1n) is 4.98. The molecule has 0 spiro atoms. The molecule has 8 heteroatoms. The van der Waals surface area contributed by atoms with Crippen molar-refractivity contribution in [3.8, 4) is 0 Å². The molecule has 0 N–H and O–H groups in total. The van der Waals surface area contributed by atoms with Gasteiger partial charge in [-0.15, -0.1) is 0 Å². The Morgan fingerprint density at radius 1 is 0.500 bits per heavy atom. The van der Waals surface area contributed by atoms with Crippen LogP contribution in [0.3, 0.4) is 0 Å². The van der Waals surface area contributed by atoms with E-state index in [4.69, 9.17) is 0 Å². The molecule has 0 aromatic heterocycles. The second-order valence-corrected chi connectivity index (χ2v) is 2.44. The number of carbonyl (C=O) groups excluding carboxylic acids is 4. The van der Waals surface area contributed by atoms with Gasteiger partial charge in [-0.2, -0.15) is 20.0 Å². The first-order valence-corrected chi connectivity index (χ1v) is 4.98. The van der Waals surface area contributed by atoms with E-state index in [0.717, 1.165) is 0 Å². The molecular weight excluding hydrogens is 264 g/mol.